The van der Waals surface area contributed by atoms with E-state index < -0.39 is 29.5 Å². The Labute approximate surface area is 255 Å². The van der Waals surface area contributed by atoms with Crippen LogP contribution in [-0.4, -0.2) is 23.5 Å². The van der Waals surface area contributed by atoms with Gasteiger partial charge in [-0.05, 0) is 73.2 Å². The predicted molar refractivity (Wildman–Crippen MR) is 164 cm³/mol. The minimum Gasteiger partial charge on any atom is -0.324 e. The number of alkyl halides is 3. The second-order valence-corrected chi connectivity index (χ2v) is 10.8. The third-order valence-electron chi connectivity index (χ3n) is 5.93. The van der Waals surface area contributed by atoms with Crippen LogP contribution in [0.4, 0.5) is 24.5 Å². The van der Waals surface area contributed by atoms with Crippen LogP contribution in [0, 0.1) is 6.92 Å². The highest BCUT2D eigenvalue weighted by atomic mass is 35.5. The maximum atomic E-state index is 13.2. The lowest BCUT2D eigenvalue weighted by Gasteiger charge is -2.12. The number of anilines is 2. The SMILES string of the molecule is Cc1cccc(/C=C(\NC(=O)c2ccccc2)C(=O)Nc2ccc(SCC(=O)Nc3cc(C(F)(F)F)ccc3Cl)cc2)c1. The van der Waals surface area contributed by atoms with E-state index >= 15 is 0 Å². The first-order valence-electron chi connectivity index (χ1n) is 12.8. The molecule has 0 atom stereocenters. The number of halogens is 4. The highest BCUT2D eigenvalue weighted by Gasteiger charge is 2.31. The molecule has 4 aromatic carbocycles. The number of carbonyl (C=O) groups is 3. The Bertz CT molecular complexity index is 1660. The average molecular weight is 624 g/mol. The summed E-state index contributed by atoms with van der Waals surface area (Å²) in [5.74, 6) is -1.61. The van der Waals surface area contributed by atoms with Gasteiger partial charge in [0.2, 0.25) is 5.91 Å². The Morgan fingerprint density at radius 3 is 2.26 bits per heavy atom. The molecule has 220 valence electrons. The lowest BCUT2D eigenvalue weighted by atomic mass is 10.1. The molecule has 0 aliphatic rings. The quantitative estimate of drug-likeness (QED) is 0.131. The summed E-state index contributed by atoms with van der Waals surface area (Å²) in [5, 5.41) is 7.85. The fourth-order valence-electron chi connectivity index (χ4n) is 3.83. The van der Waals surface area contributed by atoms with Gasteiger partial charge in [0, 0.05) is 16.1 Å². The summed E-state index contributed by atoms with van der Waals surface area (Å²) in [6.07, 6.45) is -2.98. The first-order chi connectivity index (χ1) is 20.5. The van der Waals surface area contributed by atoms with Gasteiger partial charge in [0.25, 0.3) is 11.8 Å². The number of hydrogen-bond acceptors (Lipinski definition) is 4. The number of rotatable bonds is 9. The van der Waals surface area contributed by atoms with Crippen LogP contribution in [0.3, 0.4) is 0 Å². The highest BCUT2D eigenvalue weighted by Crippen LogP contribution is 2.34. The van der Waals surface area contributed by atoms with Crippen molar-refractivity contribution in [2.45, 2.75) is 18.0 Å². The molecule has 0 bridgehead atoms. The van der Waals surface area contributed by atoms with Gasteiger partial charge in [0.05, 0.1) is 22.0 Å². The third-order valence-corrected chi connectivity index (χ3v) is 7.27. The summed E-state index contributed by atoms with van der Waals surface area (Å²) in [6.45, 7) is 1.92. The fraction of sp³-hybridized carbons (Fsp3) is 0.0938. The van der Waals surface area contributed by atoms with Crippen molar-refractivity contribution in [1.29, 1.82) is 0 Å². The van der Waals surface area contributed by atoms with Crippen LogP contribution in [0.5, 0.6) is 0 Å². The Morgan fingerprint density at radius 1 is 0.860 bits per heavy atom. The molecule has 0 aromatic heterocycles. The van der Waals surface area contributed by atoms with Gasteiger partial charge < -0.3 is 16.0 Å². The molecule has 4 aromatic rings. The maximum absolute atomic E-state index is 13.2. The Balaban J connectivity index is 1.40. The van der Waals surface area contributed by atoms with Crippen molar-refractivity contribution in [3.8, 4) is 0 Å². The predicted octanol–water partition coefficient (Wildman–Crippen LogP) is 7.81. The van der Waals surface area contributed by atoms with Crippen molar-refractivity contribution >= 4 is 58.5 Å². The number of nitrogens with one attached hydrogen (secondary N) is 3. The van der Waals surface area contributed by atoms with Crippen LogP contribution < -0.4 is 16.0 Å². The summed E-state index contributed by atoms with van der Waals surface area (Å²) in [4.78, 5) is 39.1. The second kappa shape index (κ2) is 14.1. The minimum atomic E-state index is -4.57. The molecule has 43 heavy (non-hydrogen) atoms. The van der Waals surface area contributed by atoms with Gasteiger partial charge in [0.1, 0.15) is 5.70 Å². The van der Waals surface area contributed by atoms with Gasteiger partial charge >= 0.3 is 6.18 Å². The molecule has 0 radical (unpaired) electrons. The first kappa shape index (κ1) is 31.4. The standard InChI is InChI=1S/C32H25ClF3N3O3S/c1-20-6-5-7-21(16-20)17-28(39-30(41)22-8-3-2-4-9-22)31(42)37-24-11-13-25(14-12-24)43-19-29(40)38-27-18-23(32(34,35)36)10-15-26(27)33/h2-18H,19H2,1H3,(H,37,42)(H,38,40)(H,39,41)/b28-17-. The van der Waals surface area contributed by atoms with Crippen molar-refractivity contribution < 1.29 is 27.6 Å². The molecule has 0 heterocycles. The number of hydrogen-bond donors (Lipinski definition) is 3. The van der Waals surface area contributed by atoms with E-state index in [-0.39, 0.29) is 22.2 Å². The maximum Gasteiger partial charge on any atom is 0.416 e. The lowest BCUT2D eigenvalue weighted by molar-refractivity contribution is -0.137. The molecule has 6 nitrogen and oxygen atoms in total. The first-order valence-corrected chi connectivity index (χ1v) is 14.2. The van der Waals surface area contributed by atoms with Gasteiger partial charge in [-0.2, -0.15) is 13.2 Å². The number of carbonyl (C=O) groups excluding carboxylic acids is 3. The zero-order chi connectivity index (χ0) is 31.0. The largest absolute Gasteiger partial charge is 0.416 e. The highest BCUT2D eigenvalue weighted by molar-refractivity contribution is 8.00. The molecule has 0 aliphatic heterocycles. The molecular weight excluding hydrogens is 599 g/mol. The van der Waals surface area contributed by atoms with Crippen LogP contribution >= 0.6 is 23.4 Å². The van der Waals surface area contributed by atoms with Crippen LogP contribution in [0.2, 0.25) is 5.02 Å². The zero-order valence-electron chi connectivity index (χ0n) is 22.7. The Morgan fingerprint density at radius 2 is 1.58 bits per heavy atom. The van der Waals surface area contributed by atoms with E-state index in [4.69, 9.17) is 11.6 Å². The molecule has 3 amide bonds. The normalized spacial score (nSPS) is 11.5. The van der Waals surface area contributed by atoms with Crippen molar-refractivity contribution in [3.63, 3.8) is 0 Å². The van der Waals surface area contributed by atoms with Crippen molar-refractivity contribution in [2.24, 2.45) is 0 Å². The molecule has 4 rings (SSSR count). The van der Waals surface area contributed by atoms with E-state index in [1.165, 1.54) is 0 Å². The van der Waals surface area contributed by atoms with Gasteiger partial charge in [-0.3, -0.25) is 14.4 Å². The average Bonchev–Trinajstić information content (AvgIpc) is 2.97. The molecule has 0 aliphatic carbocycles. The molecule has 0 saturated heterocycles. The van der Waals surface area contributed by atoms with Gasteiger partial charge in [-0.25, -0.2) is 0 Å². The van der Waals surface area contributed by atoms with E-state index in [9.17, 15) is 27.6 Å². The molecule has 0 unspecified atom stereocenters. The number of amides is 3. The number of thioether (sulfide) groups is 1. The van der Waals surface area contributed by atoms with Crippen molar-refractivity contribution in [3.05, 3.63) is 130 Å². The topological polar surface area (TPSA) is 87.3 Å². The van der Waals surface area contributed by atoms with E-state index in [1.807, 2.05) is 31.2 Å². The number of aryl methyl sites for hydroxylation is 1. The van der Waals surface area contributed by atoms with Crippen molar-refractivity contribution in [2.75, 3.05) is 16.4 Å². The summed E-state index contributed by atoms with van der Waals surface area (Å²) < 4.78 is 39.0. The van der Waals surface area contributed by atoms with Gasteiger partial charge in [-0.1, -0.05) is 59.6 Å². The zero-order valence-corrected chi connectivity index (χ0v) is 24.2. The molecule has 0 spiro atoms. The summed E-state index contributed by atoms with van der Waals surface area (Å²) in [7, 11) is 0. The lowest BCUT2D eigenvalue weighted by Crippen LogP contribution is -2.30. The molecule has 11 heteroatoms. The van der Waals surface area contributed by atoms with Crippen LogP contribution in [0.1, 0.15) is 27.0 Å². The second-order valence-electron chi connectivity index (χ2n) is 9.30. The van der Waals surface area contributed by atoms with Gasteiger partial charge in [0.15, 0.2) is 0 Å². The molecule has 3 N–H and O–H groups in total. The fourth-order valence-corrected chi connectivity index (χ4v) is 4.70. The van der Waals surface area contributed by atoms with E-state index in [0.29, 0.717) is 16.1 Å². The van der Waals surface area contributed by atoms with Crippen LogP contribution in [-0.2, 0) is 15.8 Å². The Kier molecular flexibility index (Phi) is 10.3. The van der Waals surface area contributed by atoms with Crippen molar-refractivity contribution in [1.82, 2.24) is 5.32 Å². The third kappa shape index (κ3) is 9.22. The van der Waals surface area contributed by atoms with E-state index in [0.717, 1.165) is 41.1 Å². The number of benzene rings is 4. The Hall–Kier alpha value is -4.54. The van der Waals surface area contributed by atoms with Crippen LogP contribution in [0.15, 0.2) is 108 Å². The molecule has 0 saturated carbocycles. The summed E-state index contributed by atoms with van der Waals surface area (Å²) >= 11 is 7.10. The minimum absolute atomic E-state index is 0.0118. The monoisotopic (exact) mass is 623 g/mol. The summed E-state index contributed by atoms with van der Waals surface area (Å²) in [6, 6.07) is 25.3. The summed E-state index contributed by atoms with van der Waals surface area (Å²) in [5.41, 5.74) is 1.55. The van der Waals surface area contributed by atoms with E-state index in [1.54, 1.807) is 60.7 Å². The molecular formula is C32H25ClF3N3O3S. The smallest absolute Gasteiger partial charge is 0.324 e. The van der Waals surface area contributed by atoms with E-state index in [2.05, 4.69) is 16.0 Å². The van der Waals surface area contributed by atoms with Gasteiger partial charge in [-0.15, -0.1) is 11.8 Å². The van der Waals surface area contributed by atoms with Crippen LogP contribution in [0.25, 0.3) is 6.08 Å². The molecule has 0 fully saturated rings.